The van der Waals surface area contributed by atoms with Crippen LogP contribution in [0.15, 0.2) is 54.6 Å². The highest BCUT2D eigenvalue weighted by molar-refractivity contribution is 5.79. The van der Waals surface area contributed by atoms with E-state index in [0.717, 1.165) is 17.5 Å². The number of hydrogen-bond donors (Lipinski definition) is 1. The lowest BCUT2D eigenvalue weighted by molar-refractivity contribution is -0.138. The van der Waals surface area contributed by atoms with Crippen molar-refractivity contribution in [1.82, 2.24) is 10.4 Å². The fourth-order valence-electron chi connectivity index (χ4n) is 3.24. The SMILES string of the molecule is CC(=O)N1CCc2ccccc2C1CC(=O)NOCc1ccccc1. The molecule has 0 radical (unpaired) electrons. The largest absolute Gasteiger partial charge is 0.335 e. The first-order chi connectivity index (χ1) is 12.1. The fourth-order valence-corrected chi connectivity index (χ4v) is 3.24. The summed E-state index contributed by atoms with van der Waals surface area (Å²) >= 11 is 0. The van der Waals surface area contributed by atoms with Gasteiger partial charge in [-0.1, -0.05) is 54.6 Å². The zero-order chi connectivity index (χ0) is 17.6. The summed E-state index contributed by atoms with van der Waals surface area (Å²) < 4.78 is 0. The monoisotopic (exact) mass is 338 g/mol. The van der Waals surface area contributed by atoms with E-state index in [1.54, 1.807) is 11.8 Å². The van der Waals surface area contributed by atoms with Crippen LogP contribution >= 0.6 is 0 Å². The third kappa shape index (κ3) is 4.25. The van der Waals surface area contributed by atoms with Crippen molar-refractivity contribution in [2.24, 2.45) is 0 Å². The Hall–Kier alpha value is -2.66. The standard InChI is InChI=1S/C20H22N2O3/c1-15(23)22-12-11-17-9-5-6-10-18(17)19(22)13-20(24)21-25-14-16-7-3-2-4-8-16/h2-10,19H,11-14H2,1H3,(H,21,24). The Balaban J connectivity index is 1.63. The number of benzene rings is 2. The molecular formula is C20H22N2O3. The predicted octanol–water partition coefficient (Wildman–Crippen LogP) is 2.77. The number of rotatable bonds is 5. The lowest BCUT2D eigenvalue weighted by Crippen LogP contribution is -2.41. The van der Waals surface area contributed by atoms with Crippen LogP contribution in [0.4, 0.5) is 0 Å². The van der Waals surface area contributed by atoms with Gasteiger partial charge in [-0.15, -0.1) is 0 Å². The van der Waals surface area contributed by atoms with E-state index < -0.39 is 0 Å². The average molecular weight is 338 g/mol. The lowest BCUT2D eigenvalue weighted by Gasteiger charge is -2.36. The van der Waals surface area contributed by atoms with Gasteiger partial charge in [0, 0.05) is 13.5 Å². The number of nitrogens with one attached hydrogen (secondary N) is 1. The van der Waals surface area contributed by atoms with Crippen molar-refractivity contribution in [3.05, 3.63) is 71.3 Å². The molecule has 0 fully saturated rings. The van der Waals surface area contributed by atoms with E-state index in [4.69, 9.17) is 4.84 Å². The Morgan fingerprint density at radius 1 is 1.12 bits per heavy atom. The van der Waals surface area contributed by atoms with Gasteiger partial charge >= 0.3 is 0 Å². The number of fused-ring (bicyclic) bond motifs is 1. The third-order valence-electron chi connectivity index (χ3n) is 4.46. The summed E-state index contributed by atoms with van der Waals surface area (Å²) in [5, 5.41) is 0. The van der Waals surface area contributed by atoms with Gasteiger partial charge < -0.3 is 4.90 Å². The van der Waals surface area contributed by atoms with Crippen LogP contribution in [-0.2, 0) is 27.5 Å². The number of hydroxylamine groups is 1. The van der Waals surface area contributed by atoms with E-state index in [1.165, 1.54) is 5.56 Å². The van der Waals surface area contributed by atoms with Crippen LogP contribution in [0.1, 0.15) is 36.1 Å². The van der Waals surface area contributed by atoms with E-state index in [9.17, 15) is 9.59 Å². The van der Waals surface area contributed by atoms with Crippen LogP contribution in [0, 0.1) is 0 Å². The zero-order valence-electron chi connectivity index (χ0n) is 14.3. The Bertz CT molecular complexity index is 746. The van der Waals surface area contributed by atoms with E-state index >= 15 is 0 Å². The van der Waals surface area contributed by atoms with Crippen molar-refractivity contribution in [3.8, 4) is 0 Å². The Labute approximate surface area is 147 Å². The molecule has 0 aliphatic carbocycles. The molecule has 5 nitrogen and oxygen atoms in total. The van der Waals surface area contributed by atoms with E-state index in [-0.39, 0.29) is 24.3 Å². The summed E-state index contributed by atoms with van der Waals surface area (Å²) in [6, 6.07) is 17.4. The molecule has 2 aromatic rings. The number of carbonyl (C=O) groups is 2. The van der Waals surface area contributed by atoms with Crippen LogP contribution in [0.5, 0.6) is 0 Å². The Morgan fingerprint density at radius 2 is 1.84 bits per heavy atom. The number of carbonyl (C=O) groups excluding carboxylic acids is 2. The molecule has 0 aromatic heterocycles. The molecule has 1 unspecified atom stereocenters. The summed E-state index contributed by atoms with van der Waals surface area (Å²) in [5.41, 5.74) is 5.72. The topological polar surface area (TPSA) is 58.6 Å². The summed E-state index contributed by atoms with van der Waals surface area (Å²) in [7, 11) is 0. The second-order valence-corrected chi connectivity index (χ2v) is 6.18. The molecule has 1 aliphatic heterocycles. The van der Waals surface area contributed by atoms with Gasteiger partial charge in [-0.05, 0) is 23.1 Å². The van der Waals surface area contributed by atoms with Crippen molar-refractivity contribution in [3.63, 3.8) is 0 Å². The summed E-state index contributed by atoms with van der Waals surface area (Å²) in [6.07, 6.45) is 1.00. The number of amides is 2. The van der Waals surface area contributed by atoms with Gasteiger partial charge in [0.1, 0.15) is 0 Å². The minimum atomic E-state index is -0.247. The molecule has 5 heteroatoms. The van der Waals surface area contributed by atoms with E-state index in [1.807, 2.05) is 48.5 Å². The first-order valence-corrected chi connectivity index (χ1v) is 8.44. The molecule has 2 aromatic carbocycles. The first-order valence-electron chi connectivity index (χ1n) is 8.44. The smallest absolute Gasteiger partial charge is 0.245 e. The van der Waals surface area contributed by atoms with Gasteiger partial charge in [0.05, 0.1) is 19.1 Å². The third-order valence-corrected chi connectivity index (χ3v) is 4.46. The molecule has 0 saturated carbocycles. The predicted molar refractivity (Wildman–Crippen MR) is 94.3 cm³/mol. The highest BCUT2D eigenvalue weighted by Crippen LogP contribution is 2.32. The van der Waals surface area contributed by atoms with Gasteiger partial charge in [-0.3, -0.25) is 14.4 Å². The maximum atomic E-state index is 12.3. The van der Waals surface area contributed by atoms with Crippen LogP contribution in [-0.4, -0.2) is 23.3 Å². The summed E-state index contributed by atoms with van der Waals surface area (Å²) in [6.45, 7) is 2.49. The van der Waals surface area contributed by atoms with Gasteiger partial charge in [0.2, 0.25) is 11.8 Å². The molecule has 1 N–H and O–H groups in total. The second kappa shape index (κ2) is 7.94. The van der Waals surface area contributed by atoms with Gasteiger partial charge in [-0.2, -0.15) is 0 Å². The van der Waals surface area contributed by atoms with Crippen LogP contribution in [0.2, 0.25) is 0 Å². The highest BCUT2D eigenvalue weighted by atomic mass is 16.6. The maximum Gasteiger partial charge on any atom is 0.245 e. The van der Waals surface area contributed by atoms with E-state index in [0.29, 0.717) is 13.2 Å². The molecule has 1 heterocycles. The molecule has 0 spiro atoms. The maximum absolute atomic E-state index is 12.3. The van der Waals surface area contributed by atoms with Crippen LogP contribution in [0.3, 0.4) is 0 Å². The molecule has 2 amide bonds. The Kier molecular flexibility index (Phi) is 5.46. The molecule has 130 valence electrons. The zero-order valence-corrected chi connectivity index (χ0v) is 14.3. The normalized spacial score (nSPS) is 16.2. The minimum absolute atomic E-state index is 0.0162. The molecule has 0 bridgehead atoms. The molecule has 1 atom stereocenters. The number of nitrogens with zero attached hydrogens (tertiary/aromatic N) is 1. The summed E-state index contributed by atoms with van der Waals surface area (Å²) in [4.78, 5) is 31.3. The van der Waals surface area contributed by atoms with Gasteiger partial charge in [0.25, 0.3) is 0 Å². The van der Waals surface area contributed by atoms with Gasteiger partial charge in [0.15, 0.2) is 0 Å². The fraction of sp³-hybridized carbons (Fsp3) is 0.300. The van der Waals surface area contributed by atoms with Crippen molar-refractivity contribution < 1.29 is 14.4 Å². The average Bonchev–Trinajstić information content (AvgIpc) is 2.62. The van der Waals surface area contributed by atoms with Gasteiger partial charge in [-0.25, -0.2) is 5.48 Å². The summed E-state index contributed by atoms with van der Waals surface area (Å²) in [5.74, 6) is -0.249. The quantitative estimate of drug-likeness (QED) is 0.853. The second-order valence-electron chi connectivity index (χ2n) is 6.18. The van der Waals surface area contributed by atoms with Crippen molar-refractivity contribution in [1.29, 1.82) is 0 Å². The van der Waals surface area contributed by atoms with Crippen molar-refractivity contribution in [2.75, 3.05) is 6.54 Å². The number of hydrogen-bond acceptors (Lipinski definition) is 3. The minimum Gasteiger partial charge on any atom is -0.335 e. The van der Waals surface area contributed by atoms with Crippen LogP contribution in [0.25, 0.3) is 0 Å². The van der Waals surface area contributed by atoms with Crippen LogP contribution < -0.4 is 5.48 Å². The highest BCUT2D eigenvalue weighted by Gasteiger charge is 2.30. The lowest BCUT2D eigenvalue weighted by atomic mass is 9.90. The molecular weight excluding hydrogens is 316 g/mol. The Morgan fingerprint density at radius 3 is 2.60 bits per heavy atom. The molecule has 0 saturated heterocycles. The van der Waals surface area contributed by atoms with Crippen molar-refractivity contribution >= 4 is 11.8 Å². The first kappa shape index (κ1) is 17.2. The van der Waals surface area contributed by atoms with E-state index in [2.05, 4.69) is 11.5 Å². The molecule has 25 heavy (non-hydrogen) atoms. The molecule has 3 rings (SSSR count). The molecule has 1 aliphatic rings. The van der Waals surface area contributed by atoms with Crippen molar-refractivity contribution in [2.45, 2.75) is 32.4 Å².